The molecule has 0 amide bonds. The Kier molecular flexibility index (Phi) is 4.34. The SMILES string of the molecule is Nc1cc(Br)cc(C(=O)OCc2c(F)cccc2F)c1. The monoisotopic (exact) mass is 341 g/mol. The average Bonchev–Trinajstić information content (AvgIpc) is 2.36. The van der Waals surface area contributed by atoms with Crippen LogP contribution in [0.4, 0.5) is 14.5 Å². The van der Waals surface area contributed by atoms with Crippen LogP contribution in [0, 0.1) is 11.6 Å². The van der Waals surface area contributed by atoms with E-state index in [1.165, 1.54) is 18.2 Å². The molecule has 0 aliphatic carbocycles. The number of nitrogens with two attached hydrogens (primary N) is 1. The quantitative estimate of drug-likeness (QED) is 0.684. The van der Waals surface area contributed by atoms with E-state index in [0.29, 0.717) is 10.2 Å². The fourth-order valence-electron chi connectivity index (χ4n) is 1.62. The number of benzene rings is 2. The highest BCUT2D eigenvalue weighted by Gasteiger charge is 2.13. The second-order valence-electron chi connectivity index (χ2n) is 4.05. The van der Waals surface area contributed by atoms with Gasteiger partial charge >= 0.3 is 5.97 Å². The molecule has 0 aromatic heterocycles. The Labute approximate surface area is 122 Å². The number of halogens is 3. The molecule has 0 heterocycles. The van der Waals surface area contributed by atoms with Gasteiger partial charge in [-0.05, 0) is 30.3 Å². The van der Waals surface area contributed by atoms with E-state index in [4.69, 9.17) is 10.5 Å². The van der Waals surface area contributed by atoms with Crippen LogP contribution in [0.15, 0.2) is 40.9 Å². The molecule has 0 radical (unpaired) electrons. The van der Waals surface area contributed by atoms with E-state index in [0.717, 1.165) is 12.1 Å². The van der Waals surface area contributed by atoms with Crippen LogP contribution < -0.4 is 5.73 Å². The number of anilines is 1. The summed E-state index contributed by atoms with van der Waals surface area (Å²) in [5, 5.41) is 0. The van der Waals surface area contributed by atoms with Gasteiger partial charge in [0.15, 0.2) is 0 Å². The Balaban J connectivity index is 2.13. The van der Waals surface area contributed by atoms with Gasteiger partial charge < -0.3 is 10.5 Å². The first kappa shape index (κ1) is 14.5. The fraction of sp³-hybridized carbons (Fsp3) is 0.0714. The Morgan fingerprint density at radius 1 is 1.20 bits per heavy atom. The molecule has 3 nitrogen and oxygen atoms in total. The first-order chi connectivity index (χ1) is 9.47. The van der Waals surface area contributed by atoms with Gasteiger partial charge in [0.25, 0.3) is 0 Å². The third-order valence-corrected chi connectivity index (χ3v) is 3.02. The highest BCUT2D eigenvalue weighted by atomic mass is 79.9. The summed E-state index contributed by atoms with van der Waals surface area (Å²) >= 11 is 3.19. The van der Waals surface area contributed by atoms with E-state index in [2.05, 4.69) is 15.9 Å². The van der Waals surface area contributed by atoms with Crippen LogP contribution in [0.2, 0.25) is 0 Å². The molecule has 0 aliphatic rings. The zero-order valence-electron chi connectivity index (χ0n) is 10.2. The van der Waals surface area contributed by atoms with Crippen molar-refractivity contribution in [2.24, 2.45) is 0 Å². The van der Waals surface area contributed by atoms with Crippen molar-refractivity contribution in [3.63, 3.8) is 0 Å². The number of carbonyl (C=O) groups is 1. The third kappa shape index (κ3) is 3.33. The Morgan fingerprint density at radius 3 is 2.45 bits per heavy atom. The maximum Gasteiger partial charge on any atom is 0.338 e. The first-order valence-corrected chi connectivity index (χ1v) is 6.43. The molecule has 0 spiro atoms. The van der Waals surface area contributed by atoms with Crippen LogP contribution in [0.25, 0.3) is 0 Å². The van der Waals surface area contributed by atoms with Gasteiger partial charge in [-0.15, -0.1) is 0 Å². The summed E-state index contributed by atoms with van der Waals surface area (Å²) in [5.74, 6) is -2.22. The lowest BCUT2D eigenvalue weighted by Gasteiger charge is -2.08. The standard InChI is InChI=1S/C14H10BrF2NO2/c15-9-4-8(5-10(18)6-9)14(19)20-7-11-12(16)2-1-3-13(11)17/h1-6H,7,18H2. The van der Waals surface area contributed by atoms with Gasteiger partial charge in [0.2, 0.25) is 0 Å². The minimum absolute atomic E-state index is 0.202. The van der Waals surface area contributed by atoms with E-state index in [1.807, 2.05) is 0 Å². The third-order valence-electron chi connectivity index (χ3n) is 2.57. The normalized spacial score (nSPS) is 10.3. The molecule has 2 rings (SSSR count). The van der Waals surface area contributed by atoms with Gasteiger partial charge in [0.1, 0.15) is 18.2 Å². The van der Waals surface area contributed by atoms with Crippen LogP contribution in [0.3, 0.4) is 0 Å². The minimum Gasteiger partial charge on any atom is -0.457 e. The van der Waals surface area contributed by atoms with Gasteiger partial charge in [-0.1, -0.05) is 22.0 Å². The Bertz CT molecular complexity index is 621. The van der Waals surface area contributed by atoms with Gasteiger partial charge in [0, 0.05) is 10.2 Å². The van der Waals surface area contributed by atoms with Crippen LogP contribution >= 0.6 is 15.9 Å². The lowest BCUT2D eigenvalue weighted by atomic mass is 10.2. The predicted octanol–water partition coefficient (Wildman–Crippen LogP) is 3.67. The summed E-state index contributed by atoms with van der Waals surface area (Å²) in [7, 11) is 0. The zero-order chi connectivity index (χ0) is 14.7. The maximum absolute atomic E-state index is 13.4. The molecule has 0 atom stereocenters. The van der Waals surface area contributed by atoms with Crippen molar-refractivity contribution in [3.05, 3.63) is 63.6 Å². The number of esters is 1. The number of carbonyl (C=O) groups excluding carboxylic acids is 1. The number of nitrogen functional groups attached to an aromatic ring is 1. The highest BCUT2D eigenvalue weighted by molar-refractivity contribution is 9.10. The molecule has 2 aromatic rings. The second kappa shape index (κ2) is 6.00. The Morgan fingerprint density at radius 2 is 1.85 bits per heavy atom. The molecular weight excluding hydrogens is 332 g/mol. The smallest absolute Gasteiger partial charge is 0.338 e. The van der Waals surface area contributed by atoms with Crippen molar-refractivity contribution < 1.29 is 18.3 Å². The lowest BCUT2D eigenvalue weighted by molar-refractivity contribution is 0.0465. The number of ether oxygens (including phenoxy) is 1. The summed E-state index contributed by atoms with van der Waals surface area (Å²) in [6.07, 6.45) is 0. The number of hydrogen-bond donors (Lipinski definition) is 1. The molecule has 0 saturated heterocycles. The van der Waals surface area contributed by atoms with Crippen molar-refractivity contribution in [1.82, 2.24) is 0 Å². The van der Waals surface area contributed by atoms with E-state index in [-0.39, 0.29) is 11.1 Å². The highest BCUT2D eigenvalue weighted by Crippen LogP contribution is 2.19. The predicted molar refractivity (Wildman–Crippen MR) is 74.0 cm³/mol. The number of hydrogen-bond acceptors (Lipinski definition) is 3. The molecule has 2 N–H and O–H groups in total. The lowest BCUT2D eigenvalue weighted by Crippen LogP contribution is -2.08. The van der Waals surface area contributed by atoms with Crippen molar-refractivity contribution in [3.8, 4) is 0 Å². The zero-order valence-corrected chi connectivity index (χ0v) is 11.8. The van der Waals surface area contributed by atoms with Gasteiger partial charge in [-0.3, -0.25) is 0 Å². The molecule has 0 fully saturated rings. The Hall–Kier alpha value is -1.95. The topological polar surface area (TPSA) is 52.3 Å². The van der Waals surface area contributed by atoms with Gasteiger partial charge in [0.05, 0.1) is 11.1 Å². The molecule has 0 unspecified atom stereocenters. The van der Waals surface area contributed by atoms with Crippen LogP contribution in [0.5, 0.6) is 0 Å². The van der Waals surface area contributed by atoms with Crippen LogP contribution in [-0.2, 0) is 11.3 Å². The van der Waals surface area contributed by atoms with Crippen molar-refractivity contribution in [2.75, 3.05) is 5.73 Å². The van der Waals surface area contributed by atoms with Crippen LogP contribution in [-0.4, -0.2) is 5.97 Å². The van der Waals surface area contributed by atoms with Crippen molar-refractivity contribution in [1.29, 1.82) is 0 Å². The molecule has 0 aliphatic heterocycles. The fourth-order valence-corrected chi connectivity index (χ4v) is 2.13. The number of rotatable bonds is 3. The molecule has 0 saturated carbocycles. The van der Waals surface area contributed by atoms with Crippen LogP contribution in [0.1, 0.15) is 15.9 Å². The maximum atomic E-state index is 13.4. The van der Waals surface area contributed by atoms with Gasteiger partial charge in [-0.25, -0.2) is 13.6 Å². The summed E-state index contributed by atoms with van der Waals surface area (Å²) < 4.78 is 32.2. The summed E-state index contributed by atoms with van der Waals surface area (Å²) in [6.45, 7) is -0.482. The van der Waals surface area contributed by atoms with E-state index in [9.17, 15) is 13.6 Å². The molecule has 6 heteroatoms. The van der Waals surface area contributed by atoms with E-state index in [1.54, 1.807) is 6.07 Å². The summed E-state index contributed by atoms with van der Waals surface area (Å²) in [5.41, 5.74) is 5.89. The first-order valence-electron chi connectivity index (χ1n) is 5.63. The summed E-state index contributed by atoms with van der Waals surface area (Å²) in [6, 6.07) is 7.99. The molecule has 104 valence electrons. The molecule has 20 heavy (non-hydrogen) atoms. The largest absolute Gasteiger partial charge is 0.457 e. The van der Waals surface area contributed by atoms with Crippen molar-refractivity contribution in [2.45, 2.75) is 6.61 Å². The van der Waals surface area contributed by atoms with E-state index < -0.39 is 24.2 Å². The molecule has 2 aromatic carbocycles. The van der Waals surface area contributed by atoms with Gasteiger partial charge in [-0.2, -0.15) is 0 Å². The van der Waals surface area contributed by atoms with Crippen molar-refractivity contribution >= 4 is 27.6 Å². The van der Waals surface area contributed by atoms with E-state index >= 15 is 0 Å². The summed E-state index contributed by atoms with van der Waals surface area (Å²) in [4.78, 5) is 11.8. The average molecular weight is 342 g/mol. The second-order valence-corrected chi connectivity index (χ2v) is 4.97. The molecule has 0 bridgehead atoms. The molecular formula is C14H10BrF2NO2. The minimum atomic E-state index is -0.758.